The Bertz CT molecular complexity index is 707. The van der Waals surface area contributed by atoms with E-state index < -0.39 is 0 Å². The van der Waals surface area contributed by atoms with Crippen LogP contribution in [-0.2, 0) is 6.42 Å². The summed E-state index contributed by atoms with van der Waals surface area (Å²) in [5, 5.41) is 5.78. The van der Waals surface area contributed by atoms with Crippen molar-refractivity contribution >= 4 is 6.03 Å². The molecule has 0 fully saturated rings. The van der Waals surface area contributed by atoms with Crippen molar-refractivity contribution in [3.05, 3.63) is 59.9 Å². The van der Waals surface area contributed by atoms with Crippen molar-refractivity contribution in [2.75, 3.05) is 20.3 Å². The highest BCUT2D eigenvalue weighted by Crippen LogP contribution is 2.14. The molecule has 0 heterocycles. The summed E-state index contributed by atoms with van der Waals surface area (Å²) >= 11 is 0. The quantitative estimate of drug-likeness (QED) is 0.620. The molecule has 0 spiro atoms. The first-order chi connectivity index (χ1) is 13.1. The number of ether oxygens (including phenoxy) is 2. The molecule has 2 amide bonds. The van der Waals surface area contributed by atoms with E-state index in [1.165, 1.54) is 12.1 Å². The third-order valence-electron chi connectivity index (χ3n) is 3.99. The molecule has 0 aliphatic heterocycles. The Balaban J connectivity index is 1.56. The Morgan fingerprint density at radius 2 is 1.89 bits per heavy atom. The Kier molecular flexibility index (Phi) is 8.42. The van der Waals surface area contributed by atoms with Crippen LogP contribution in [0.25, 0.3) is 0 Å². The summed E-state index contributed by atoms with van der Waals surface area (Å²) in [6.07, 6.45) is 2.34. The second-order valence-corrected chi connectivity index (χ2v) is 6.37. The van der Waals surface area contributed by atoms with Gasteiger partial charge in [0.05, 0.1) is 13.7 Å². The second-order valence-electron chi connectivity index (χ2n) is 6.37. The summed E-state index contributed by atoms with van der Waals surface area (Å²) in [6.45, 7) is 3.07. The monoisotopic (exact) mass is 374 g/mol. The molecule has 1 unspecified atom stereocenters. The zero-order valence-corrected chi connectivity index (χ0v) is 15.8. The molecule has 0 aliphatic rings. The maximum atomic E-state index is 12.8. The van der Waals surface area contributed by atoms with Gasteiger partial charge in [0.2, 0.25) is 0 Å². The van der Waals surface area contributed by atoms with E-state index in [4.69, 9.17) is 9.47 Å². The Hall–Kier alpha value is -2.76. The largest absolute Gasteiger partial charge is 0.497 e. The number of benzene rings is 2. The van der Waals surface area contributed by atoms with Gasteiger partial charge in [0, 0.05) is 12.6 Å². The van der Waals surface area contributed by atoms with Gasteiger partial charge >= 0.3 is 6.03 Å². The third-order valence-corrected chi connectivity index (χ3v) is 3.99. The van der Waals surface area contributed by atoms with Crippen LogP contribution in [0.5, 0.6) is 11.5 Å². The first kappa shape index (κ1) is 20.6. The lowest BCUT2D eigenvalue weighted by molar-refractivity contribution is 0.237. The fourth-order valence-corrected chi connectivity index (χ4v) is 2.63. The van der Waals surface area contributed by atoms with E-state index in [1.54, 1.807) is 19.2 Å². The van der Waals surface area contributed by atoms with Crippen LogP contribution >= 0.6 is 0 Å². The number of nitrogens with one attached hydrogen (secondary N) is 2. The molecule has 2 aromatic carbocycles. The minimum atomic E-state index is -0.279. The maximum Gasteiger partial charge on any atom is 0.315 e. The van der Waals surface area contributed by atoms with E-state index in [1.807, 2.05) is 31.2 Å². The predicted molar refractivity (Wildman–Crippen MR) is 104 cm³/mol. The van der Waals surface area contributed by atoms with Gasteiger partial charge in [0.15, 0.2) is 0 Å². The van der Waals surface area contributed by atoms with Crippen molar-refractivity contribution in [2.24, 2.45) is 0 Å². The zero-order chi connectivity index (χ0) is 19.5. The predicted octanol–water partition coefficient (Wildman–Crippen LogP) is 3.92. The van der Waals surface area contributed by atoms with Crippen molar-refractivity contribution in [3.8, 4) is 11.5 Å². The molecule has 0 saturated heterocycles. The molecule has 6 heteroatoms. The minimum Gasteiger partial charge on any atom is -0.497 e. The van der Waals surface area contributed by atoms with Crippen molar-refractivity contribution < 1.29 is 18.7 Å². The molecule has 2 rings (SSSR count). The van der Waals surface area contributed by atoms with E-state index >= 15 is 0 Å². The van der Waals surface area contributed by atoms with Gasteiger partial charge in [-0.15, -0.1) is 0 Å². The fourth-order valence-electron chi connectivity index (χ4n) is 2.63. The van der Waals surface area contributed by atoms with Crippen LogP contribution in [0.2, 0.25) is 0 Å². The molecule has 2 aromatic rings. The van der Waals surface area contributed by atoms with Crippen LogP contribution in [0.3, 0.4) is 0 Å². The average molecular weight is 374 g/mol. The van der Waals surface area contributed by atoms with E-state index in [2.05, 4.69) is 10.6 Å². The van der Waals surface area contributed by atoms with Gasteiger partial charge in [-0.2, -0.15) is 0 Å². The Morgan fingerprint density at radius 1 is 1.11 bits per heavy atom. The number of carbonyl (C=O) groups excluding carboxylic acids is 1. The number of carbonyl (C=O) groups is 1. The van der Waals surface area contributed by atoms with Crippen molar-refractivity contribution in [2.45, 2.75) is 32.2 Å². The number of hydrogen-bond acceptors (Lipinski definition) is 3. The summed E-state index contributed by atoms with van der Waals surface area (Å²) in [7, 11) is 1.64. The first-order valence-electron chi connectivity index (χ1n) is 9.12. The molecule has 0 bridgehead atoms. The zero-order valence-electron chi connectivity index (χ0n) is 15.8. The van der Waals surface area contributed by atoms with Gasteiger partial charge in [-0.05, 0) is 68.1 Å². The summed E-state index contributed by atoms with van der Waals surface area (Å²) in [5.41, 5.74) is 1.11. The minimum absolute atomic E-state index is 0.0129. The molecule has 27 heavy (non-hydrogen) atoms. The van der Waals surface area contributed by atoms with E-state index in [0.29, 0.717) is 18.9 Å². The van der Waals surface area contributed by atoms with E-state index in [-0.39, 0.29) is 17.9 Å². The highest BCUT2D eigenvalue weighted by Gasteiger charge is 2.08. The number of halogens is 1. The lowest BCUT2D eigenvalue weighted by Crippen LogP contribution is -2.42. The van der Waals surface area contributed by atoms with Gasteiger partial charge in [0.1, 0.15) is 17.3 Å². The summed E-state index contributed by atoms with van der Waals surface area (Å²) in [6, 6.07) is 13.6. The maximum absolute atomic E-state index is 12.8. The number of urea groups is 1. The molecule has 0 radical (unpaired) electrons. The van der Waals surface area contributed by atoms with Gasteiger partial charge < -0.3 is 20.1 Å². The molecule has 0 aliphatic carbocycles. The van der Waals surface area contributed by atoms with Crippen molar-refractivity contribution in [3.63, 3.8) is 0 Å². The lowest BCUT2D eigenvalue weighted by atomic mass is 10.1. The molecular formula is C21H27FN2O3. The Labute approximate surface area is 159 Å². The van der Waals surface area contributed by atoms with Crippen LogP contribution in [0.1, 0.15) is 25.3 Å². The summed E-state index contributed by atoms with van der Waals surface area (Å²) < 4.78 is 23.5. The van der Waals surface area contributed by atoms with Crippen LogP contribution in [-0.4, -0.2) is 32.3 Å². The van der Waals surface area contributed by atoms with Gasteiger partial charge in [0.25, 0.3) is 0 Å². The molecule has 0 aromatic heterocycles. The van der Waals surface area contributed by atoms with E-state index in [0.717, 1.165) is 30.6 Å². The van der Waals surface area contributed by atoms with E-state index in [9.17, 15) is 9.18 Å². The lowest BCUT2D eigenvalue weighted by Gasteiger charge is -2.15. The molecule has 5 nitrogen and oxygen atoms in total. The van der Waals surface area contributed by atoms with Gasteiger partial charge in [-0.25, -0.2) is 9.18 Å². The molecular weight excluding hydrogens is 347 g/mol. The fraction of sp³-hybridized carbons (Fsp3) is 0.381. The molecule has 2 N–H and O–H groups in total. The SMILES string of the molecule is COc1cccc(CC(C)NC(=O)NCCCCOc2ccc(F)cc2)c1. The second kappa shape index (κ2) is 11.1. The van der Waals surface area contributed by atoms with Crippen LogP contribution in [0, 0.1) is 5.82 Å². The normalized spacial score (nSPS) is 11.5. The van der Waals surface area contributed by atoms with Crippen LogP contribution < -0.4 is 20.1 Å². The number of unbranched alkanes of at least 4 members (excludes halogenated alkanes) is 1. The number of methoxy groups -OCH3 is 1. The van der Waals surface area contributed by atoms with Gasteiger partial charge in [-0.3, -0.25) is 0 Å². The van der Waals surface area contributed by atoms with Crippen LogP contribution in [0.4, 0.5) is 9.18 Å². The summed E-state index contributed by atoms with van der Waals surface area (Å²) in [5.74, 6) is 1.18. The number of rotatable bonds is 10. The molecule has 1 atom stereocenters. The summed E-state index contributed by atoms with van der Waals surface area (Å²) in [4.78, 5) is 11.9. The number of amides is 2. The van der Waals surface area contributed by atoms with Crippen molar-refractivity contribution in [1.29, 1.82) is 0 Å². The smallest absolute Gasteiger partial charge is 0.315 e. The standard InChI is InChI=1S/C21H27FN2O3/c1-16(14-17-6-5-7-20(15-17)26-2)24-21(25)23-12-3-4-13-27-19-10-8-18(22)9-11-19/h5-11,15-16H,3-4,12-14H2,1-2H3,(H2,23,24,25). The third kappa shape index (κ3) is 7.98. The average Bonchev–Trinajstić information content (AvgIpc) is 2.66. The molecule has 0 saturated carbocycles. The first-order valence-corrected chi connectivity index (χ1v) is 9.12. The van der Waals surface area contributed by atoms with Gasteiger partial charge in [-0.1, -0.05) is 12.1 Å². The topological polar surface area (TPSA) is 59.6 Å². The highest BCUT2D eigenvalue weighted by molar-refractivity contribution is 5.74. The Morgan fingerprint density at radius 3 is 2.63 bits per heavy atom. The van der Waals surface area contributed by atoms with Crippen molar-refractivity contribution in [1.82, 2.24) is 10.6 Å². The van der Waals surface area contributed by atoms with Crippen LogP contribution in [0.15, 0.2) is 48.5 Å². The highest BCUT2D eigenvalue weighted by atomic mass is 19.1. The molecule has 146 valence electrons. The number of hydrogen-bond donors (Lipinski definition) is 2.